The van der Waals surface area contributed by atoms with Crippen molar-refractivity contribution in [2.24, 2.45) is 5.41 Å². The fourth-order valence-electron chi connectivity index (χ4n) is 2.63. The van der Waals surface area contributed by atoms with E-state index in [-0.39, 0.29) is 0 Å². The van der Waals surface area contributed by atoms with Gasteiger partial charge in [-0.3, -0.25) is 0 Å². The summed E-state index contributed by atoms with van der Waals surface area (Å²) in [5, 5.41) is 3.66. The summed E-state index contributed by atoms with van der Waals surface area (Å²) in [7, 11) is 4.08. The van der Waals surface area contributed by atoms with Gasteiger partial charge >= 0.3 is 0 Å². The predicted molar refractivity (Wildman–Crippen MR) is 78.2 cm³/mol. The van der Waals surface area contributed by atoms with Gasteiger partial charge in [0, 0.05) is 26.3 Å². The number of rotatable bonds is 3. The molecule has 1 fully saturated rings. The van der Waals surface area contributed by atoms with E-state index in [0.29, 0.717) is 11.5 Å². The smallest absolute Gasteiger partial charge is 0.151 e. The Labute approximate surface area is 111 Å². The van der Waals surface area contributed by atoms with Gasteiger partial charge in [-0.25, -0.2) is 4.98 Å². The lowest BCUT2D eigenvalue weighted by molar-refractivity contribution is 0.232. The first-order chi connectivity index (χ1) is 8.48. The molecule has 1 heterocycles. The first-order valence-electron chi connectivity index (χ1n) is 6.87. The number of hydrogen-bond acceptors (Lipinski definition) is 3. The molecule has 3 heteroatoms. The van der Waals surface area contributed by atoms with Crippen molar-refractivity contribution in [2.75, 3.05) is 24.3 Å². The van der Waals surface area contributed by atoms with Crippen LogP contribution in [0.25, 0.3) is 0 Å². The Balaban J connectivity index is 2.02. The van der Waals surface area contributed by atoms with Crippen molar-refractivity contribution in [1.82, 2.24) is 4.98 Å². The average molecular weight is 247 g/mol. The van der Waals surface area contributed by atoms with E-state index >= 15 is 0 Å². The minimum Gasteiger partial charge on any atom is -0.379 e. The van der Waals surface area contributed by atoms with Crippen LogP contribution in [-0.4, -0.2) is 25.1 Å². The van der Waals surface area contributed by atoms with E-state index in [2.05, 4.69) is 35.1 Å². The summed E-state index contributed by atoms with van der Waals surface area (Å²) in [6, 6.07) is 4.73. The van der Waals surface area contributed by atoms with Crippen LogP contribution >= 0.6 is 0 Å². The molecule has 1 aliphatic carbocycles. The van der Waals surface area contributed by atoms with Crippen molar-refractivity contribution in [3.8, 4) is 0 Å². The van der Waals surface area contributed by atoms with E-state index in [1.807, 2.05) is 26.4 Å². The Kier molecular flexibility index (Phi) is 3.79. The summed E-state index contributed by atoms with van der Waals surface area (Å²) in [6.45, 7) is 4.75. The van der Waals surface area contributed by atoms with E-state index in [1.54, 1.807) is 0 Å². The zero-order chi connectivity index (χ0) is 13.2. The molecule has 18 heavy (non-hydrogen) atoms. The van der Waals surface area contributed by atoms with E-state index in [4.69, 9.17) is 0 Å². The lowest BCUT2D eigenvalue weighted by Gasteiger charge is -2.35. The van der Waals surface area contributed by atoms with Crippen molar-refractivity contribution in [1.29, 1.82) is 0 Å². The van der Waals surface area contributed by atoms with Crippen molar-refractivity contribution in [2.45, 2.75) is 45.6 Å². The number of pyridine rings is 1. The normalized spacial score (nSPS) is 19.6. The van der Waals surface area contributed by atoms with Crippen molar-refractivity contribution >= 4 is 11.5 Å². The number of nitrogens with one attached hydrogen (secondary N) is 1. The van der Waals surface area contributed by atoms with Crippen LogP contribution in [0.2, 0.25) is 0 Å². The van der Waals surface area contributed by atoms with Crippen LogP contribution in [-0.2, 0) is 0 Å². The highest BCUT2D eigenvalue weighted by atomic mass is 15.2. The van der Waals surface area contributed by atoms with Gasteiger partial charge in [0.15, 0.2) is 5.82 Å². The largest absolute Gasteiger partial charge is 0.379 e. The molecular weight excluding hydrogens is 222 g/mol. The van der Waals surface area contributed by atoms with Crippen LogP contribution in [0.4, 0.5) is 11.5 Å². The molecule has 1 saturated carbocycles. The van der Waals surface area contributed by atoms with Gasteiger partial charge in [0.05, 0.1) is 5.69 Å². The molecule has 1 aromatic heterocycles. The highest BCUT2D eigenvalue weighted by Gasteiger charge is 2.27. The van der Waals surface area contributed by atoms with Crippen LogP contribution in [0.15, 0.2) is 18.3 Å². The van der Waals surface area contributed by atoms with E-state index in [1.165, 1.54) is 25.7 Å². The Morgan fingerprint density at radius 1 is 1.28 bits per heavy atom. The Bertz CT molecular complexity index is 388. The summed E-state index contributed by atoms with van der Waals surface area (Å²) in [5.41, 5.74) is 1.68. The molecule has 0 unspecified atom stereocenters. The number of anilines is 2. The van der Waals surface area contributed by atoms with Gasteiger partial charge in [0.25, 0.3) is 0 Å². The minimum absolute atomic E-state index is 0.525. The third-order valence-corrected chi connectivity index (χ3v) is 3.91. The number of nitrogens with zero attached hydrogens (tertiary/aromatic N) is 2. The van der Waals surface area contributed by atoms with Crippen molar-refractivity contribution in [3.63, 3.8) is 0 Å². The average Bonchev–Trinajstić information content (AvgIpc) is 2.32. The highest BCUT2D eigenvalue weighted by Crippen LogP contribution is 2.36. The standard InChI is InChI=1S/C15H25N3/c1-15(2)9-7-12(8-10-15)17-13-6-5-11-16-14(13)18(3)4/h5-6,11-12,17H,7-10H2,1-4H3. The van der Waals surface area contributed by atoms with Gasteiger partial charge in [-0.15, -0.1) is 0 Å². The molecule has 1 N–H and O–H groups in total. The monoisotopic (exact) mass is 247 g/mol. The van der Waals surface area contributed by atoms with E-state index in [9.17, 15) is 0 Å². The number of hydrogen-bond donors (Lipinski definition) is 1. The minimum atomic E-state index is 0.525. The van der Waals surface area contributed by atoms with Crippen molar-refractivity contribution in [3.05, 3.63) is 18.3 Å². The molecule has 0 amide bonds. The summed E-state index contributed by atoms with van der Waals surface area (Å²) < 4.78 is 0. The fourth-order valence-corrected chi connectivity index (χ4v) is 2.63. The Morgan fingerprint density at radius 3 is 2.56 bits per heavy atom. The van der Waals surface area contributed by atoms with Crippen LogP contribution in [0, 0.1) is 5.41 Å². The Hall–Kier alpha value is -1.25. The molecule has 0 spiro atoms. The van der Waals surface area contributed by atoms with Gasteiger partial charge < -0.3 is 10.2 Å². The second-order valence-corrected chi connectivity index (χ2v) is 6.35. The lowest BCUT2D eigenvalue weighted by atomic mass is 9.75. The molecule has 0 radical (unpaired) electrons. The third-order valence-electron chi connectivity index (χ3n) is 3.91. The molecule has 100 valence electrons. The first kappa shape index (κ1) is 13.2. The van der Waals surface area contributed by atoms with Crippen LogP contribution < -0.4 is 10.2 Å². The summed E-state index contributed by atoms with van der Waals surface area (Å²) in [6.07, 6.45) is 6.98. The molecule has 0 aromatic carbocycles. The fraction of sp³-hybridized carbons (Fsp3) is 0.667. The van der Waals surface area contributed by atoms with Gasteiger partial charge in [0.2, 0.25) is 0 Å². The molecular formula is C15H25N3. The zero-order valence-electron chi connectivity index (χ0n) is 12.0. The van der Waals surface area contributed by atoms with Crippen LogP contribution in [0.1, 0.15) is 39.5 Å². The molecule has 0 saturated heterocycles. The predicted octanol–water partition coefficient (Wildman–Crippen LogP) is 3.53. The maximum absolute atomic E-state index is 4.44. The third kappa shape index (κ3) is 3.15. The van der Waals surface area contributed by atoms with Crippen LogP contribution in [0.5, 0.6) is 0 Å². The summed E-state index contributed by atoms with van der Waals surface area (Å²) in [5.74, 6) is 1.03. The maximum Gasteiger partial charge on any atom is 0.151 e. The first-order valence-corrected chi connectivity index (χ1v) is 6.87. The summed E-state index contributed by atoms with van der Waals surface area (Å²) in [4.78, 5) is 6.50. The molecule has 2 rings (SSSR count). The second kappa shape index (κ2) is 5.17. The quantitative estimate of drug-likeness (QED) is 0.885. The Morgan fingerprint density at radius 2 is 1.94 bits per heavy atom. The maximum atomic E-state index is 4.44. The molecule has 1 aliphatic rings. The van der Waals surface area contributed by atoms with Gasteiger partial charge in [-0.05, 0) is 43.2 Å². The second-order valence-electron chi connectivity index (χ2n) is 6.35. The van der Waals surface area contributed by atoms with E-state index in [0.717, 1.165) is 11.5 Å². The lowest BCUT2D eigenvalue weighted by Crippen LogP contribution is -2.30. The van der Waals surface area contributed by atoms with Gasteiger partial charge in [0.1, 0.15) is 0 Å². The number of aromatic nitrogens is 1. The molecule has 1 aromatic rings. The van der Waals surface area contributed by atoms with E-state index < -0.39 is 0 Å². The summed E-state index contributed by atoms with van der Waals surface area (Å²) >= 11 is 0. The van der Waals surface area contributed by atoms with Gasteiger partial charge in [-0.2, -0.15) is 0 Å². The van der Waals surface area contributed by atoms with Crippen molar-refractivity contribution < 1.29 is 0 Å². The topological polar surface area (TPSA) is 28.2 Å². The van der Waals surface area contributed by atoms with Gasteiger partial charge in [-0.1, -0.05) is 13.8 Å². The highest BCUT2D eigenvalue weighted by molar-refractivity contribution is 5.65. The zero-order valence-corrected chi connectivity index (χ0v) is 12.0. The molecule has 0 atom stereocenters. The van der Waals surface area contributed by atoms with Crippen LogP contribution in [0.3, 0.4) is 0 Å². The SMILES string of the molecule is CN(C)c1ncccc1NC1CCC(C)(C)CC1. The molecule has 0 bridgehead atoms. The molecule has 3 nitrogen and oxygen atoms in total. The molecule has 0 aliphatic heterocycles.